The molecule has 3 heteroatoms. The van der Waals surface area contributed by atoms with E-state index in [1.54, 1.807) is 0 Å². The van der Waals surface area contributed by atoms with Crippen molar-refractivity contribution in [3.63, 3.8) is 0 Å². The summed E-state index contributed by atoms with van der Waals surface area (Å²) in [6, 6.07) is 9.83. The lowest BCUT2D eigenvalue weighted by Crippen LogP contribution is -2.44. The van der Waals surface area contributed by atoms with Crippen molar-refractivity contribution in [3.05, 3.63) is 34.9 Å². The molecule has 1 aliphatic heterocycles. The van der Waals surface area contributed by atoms with Gasteiger partial charge in [-0.3, -0.25) is 4.90 Å². The van der Waals surface area contributed by atoms with Gasteiger partial charge in [-0.25, -0.2) is 0 Å². The Balaban J connectivity index is 1.59. The van der Waals surface area contributed by atoms with Gasteiger partial charge in [0.25, 0.3) is 0 Å². The Labute approximate surface area is 121 Å². The van der Waals surface area contributed by atoms with Crippen LogP contribution in [0.5, 0.6) is 0 Å². The van der Waals surface area contributed by atoms with Crippen LogP contribution < -0.4 is 5.32 Å². The molecule has 1 N–H and O–H groups in total. The molecule has 1 atom stereocenters. The monoisotopic (exact) mass is 278 g/mol. The van der Waals surface area contributed by atoms with Crippen molar-refractivity contribution < 1.29 is 0 Å². The summed E-state index contributed by atoms with van der Waals surface area (Å²) in [4.78, 5) is 2.66. The highest BCUT2D eigenvalue weighted by atomic mass is 35.5. The van der Waals surface area contributed by atoms with E-state index in [1.807, 2.05) is 12.1 Å². The number of hydrogen-bond acceptors (Lipinski definition) is 2. The average Bonchev–Trinajstić information content (AvgIpc) is 3.26. The van der Waals surface area contributed by atoms with Gasteiger partial charge < -0.3 is 5.32 Å². The van der Waals surface area contributed by atoms with E-state index >= 15 is 0 Å². The highest BCUT2D eigenvalue weighted by Gasteiger charge is 2.30. The van der Waals surface area contributed by atoms with Crippen LogP contribution in [0, 0.1) is 0 Å². The fraction of sp³-hybridized carbons (Fsp3) is 0.625. The lowest BCUT2D eigenvalue weighted by Gasteiger charge is -2.30. The lowest BCUT2D eigenvalue weighted by atomic mass is 10.0. The van der Waals surface area contributed by atoms with E-state index in [0.717, 1.165) is 17.6 Å². The molecule has 2 aliphatic rings. The van der Waals surface area contributed by atoms with Crippen LogP contribution in [0.25, 0.3) is 0 Å². The van der Waals surface area contributed by atoms with Crippen LogP contribution in [0.15, 0.2) is 24.3 Å². The minimum absolute atomic E-state index is 0.696. The minimum atomic E-state index is 0.696. The van der Waals surface area contributed by atoms with Crippen LogP contribution in [0.1, 0.15) is 37.7 Å². The molecule has 1 aromatic rings. The highest BCUT2D eigenvalue weighted by molar-refractivity contribution is 6.30. The molecule has 3 rings (SSSR count). The summed E-state index contributed by atoms with van der Waals surface area (Å²) < 4.78 is 0. The van der Waals surface area contributed by atoms with E-state index < -0.39 is 0 Å². The zero-order valence-electron chi connectivity index (χ0n) is 11.4. The molecule has 0 radical (unpaired) electrons. The molecule has 2 fully saturated rings. The first-order valence-corrected chi connectivity index (χ1v) is 7.91. The average molecular weight is 279 g/mol. The molecule has 0 aromatic heterocycles. The molecular formula is C16H23ClN2. The lowest BCUT2D eigenvalue weighted by molar-refractivity contribution is 0.208. The van der Waals surface area contributed by atoms with E-state index in [1.165, 1.54) is 50.8 Å². The van der Waals surface area contributed by atoms with Gasteiger partial charge in [-0.05, 0) is 49.9 Å². The molecule has 0 bridgehead atoms. The molecule has 2 nitrogen and oxygen atoms in total. The van der Waals surface area contributed by atoms with Crippen LogP contribution in [0.4, 0.5) is 0 Å². The van der Waals surface area contributed by atoms with Gasteiger partial charge in [-0.1, -0.05) is 30.2 Å². The van der Waals surface area contributed by atoms with Crippen molar-refractivity contribution in [3.8, 4) is 0 Å². The van der Waals surface area contributed by atoms with Crippen LogP contribution >= 0.6 is 11.6 Å². The van der Waals surface area contributed by atoms with Crippen LogP contribution in [0.2, 0.25) is 5.02 Å². The summed E-state index contributed by atoms with van der Waals surface area (Å²) in [5, 5.41) is 4.49. The minimum Gasteiger partial charge on any atom is -0.313 e. The second-order valence-corrected chi connectivity index (χ2v) is 6.37. The maximum Gasteiger partial charge on any atom is 0.0406 e. The third kappa shape index (κ3) is 3.95. The molecular weight excluding hydrogens is 256 g/mol. The Morgan fingerprint density at radius 1 is 1.11 bits per heavy atom. The molecule has 1 aromatic carbocycles. The summed E-state index contributed by atoms with van der Waals surface area (Å²) in [5.74, 6) is 0. The summed E-state index contributed by atoms with van der Waals surface area (Å²) in [6.45, 7) is 3.47. The number of nitrogens with zero attached hydrogens (tertiary/aromatic N) is 1. The zero-order valence-corrected chi connectivity index (χ0v) is 12.2. The molecule has 1 saturated heterocycles. The molecule has 1 aliphatic carbocycles. The predicted octanol–water partition coefficient (Wildman–Crippen LogP) is 3.45. The Hall–Kier alpha value is -0.570. The standard InChI is InChI=1S/C16H23ClN2/c17-14-6-4-13(5-7-14)11-19(16-8-9-16)12-15-3-1-2-10-18-15/h4-7,15-16,18H,1-3,8-12H2. The van der Waals surface area contributed by atoms with Crippen molar-refractivity contribution in [1.82, 2.24) is 10.2 Å². The van der Waals surface area contributed by atoms with Gasteiger partial charge in [0.05, 0.1) is 0 Å². The number of halogens is 1. The fourth-order valence-electron chi connectivity index (χ4n) is 2.97. The molecule has 0 amide bonds. The summed E-state index contributed by atoms with van der Waals surface area (Å²) in [7, 11) is 0. The van der Waals surface area contributed by atoms with Gasteiger partial charge in [0.1, 0.15) is 0 Å². The molecule has 104 valence electrons. The van der Waals surface area contributed by atoms with Crippen molar-refractivity contribution >= 4 is 11.6 Å². The van der Waals surface area contributed by atoms with Crippen molar-refractivity contribution in [2.24, 2.45) is 0 Å². The molecule has 1 unspecified atom stereocenters. The first-order valence-electron chi connectivity index (χ1n) is 7.53. The summed E-state index contributed by atoms with van der Waals surface area (Å²) in [5.41, 5.74) is 1.38. The predicted molar refractivity (Wildman–Crippen MR) is 80.5 cm³/mol. The molecule has 0 spiro atoms. The zero-order chi connectivity index (χ0) is 13.1. The van der Waals surface area contributed by atoms with Gasteiger partial charge in [0.15, 0.2) is 0 Å². The number of nitrogens with one attached hydrogen (secondary N) is 1. The third-order valence-corrected chi connectivity index (χ3v) is 4.48. The SMILES string of the molecule is Clc1ccc(CN(CC2CCCCN2)C2CC2)cc1. The Kier molecular flexibility index (Phi) is 4.42. The highest BCUT2D eigenvalue weighted by Crippen LogP contribution is 2.29. The number of benzene rings is 1. The van der Waals surface area contributed by atoms with Gasteiger partial charge in [-0.15, -0.1) is 0 Å². The maximum atomic E-state index is 5.96. The summed E-state index contributed by atoms with van der Waals surface area (Å²) >= 11 is 5.96. The number of hydrogen-bond donors (Lipinski definition) is 1. The van der Waals surface area contributed by atoms with Gasteiger partial charge in [-0.2, -0.15) is 0 Å². The third-order valence-electron chi connectivity index (χ3n) is 4.23. The molecule has 19 heavy (non-hydrogen) atoms. The van der Waals surface area contributed by atoms with E-state index in [4.69, 9.17) is 11.6 Å². The Bertz CT molecular complexity index is 394. The Morgan fingerprint density at radius 2 is 1.89 bits per heavy atom. The van der Waals surface area contributed by atoms with Gasteiger partial charge in [0, 0.05) is 30.2 Å². The van der Waals surface area contributed by atoms with Gasteiger partial charge >= 0.3 is 0 Å². The number of piperidine rings is 1. The topological polar surface area (TPSA) is 15.3 Å². The normalized spacial score (nSPS) is 23.8. The van der Waals surface area contributed by atoms with E-state index in [9.17, 15) is 0 Å². The van der Waals surface area contributed by atoms with E-state index in [2.05, 4.69) is 22.3 Å². The second-order valence-electron chi connectivity index (χ2n) is 5.93. The largest absolute Gasteiger partial charge is 0.313 e. The molecule has 1 saturated carbocycles. The van der Waals surface area contributed by atoms with Crippen LogP contribution in [0.3, 0.4) is 0 Å². The molecule has 1 heterocycles. The first kappa shape index (κ1) is 13.4. The fourth-order valence-corrected chi connectivity index (χ4v) is 3.10. The van der Waals surface area contributed by atoms with Gasteiger partial charge in [0.2, 0.25) is 0 Å². The quantitative estimate of drug-likeness (QED) is 0.888. The second kappa shape index (κ2) is 6.25. The van der Waals surface area contributed by atoms with Crippen molar-refractivity contribution in [2.45, 2.75) is 50.7 Å². The van der Waals surface area contributed by atoms with E-state index in [-0.39, 0.29) is 0 Å². The van der Waals surface area contributed by atoms with Crippen LogP contribution in [-0.2, 0) is 6.54 Å². The smallest absolute Gasteiger partial charge is 0.0406 e. The van der Waals surface area contributed by atoms with E-state index in [0.29, 0.717) is 6.04 Å². The first-order chi connectivity index (χ1) is 9.31. The van der Waals surface area contributed by atoms with Crippen molar-refractivity contribution in [1.29, 1.82) is 0 Å². The number of rotatable bonds is 5. The maximum absolute atomic E-state index is 5.96. The summed E-state index contributed by atoms with van der Waals surface area (Å²) in [6.07, 6.45) is 6.82. The van der Waals surface area contributed by atoms with Crippen molar-refractivity contribution in [2.75, 3.05) is 13.1 Å². The Morgan fingerprint density at radius 3 is 2.53 bits per heavy atom. The van der Waals surface area contributed by atoms with Crippen LogP contribution in [-0.4, -0.2) is 30.1 Å².